The van der Waals surface area contributed by atoms with Crippen molar-refractivity contribution in [2.45, 2.75) is 25.7 Å². The van der Waals surface area contributed by atoms with Crippen LogP contribution < -0.4 is 14.4 Å². The molecule has 0 saturated carbocycles. The maximum absolute atomic E-state index is 12.9. The molecule has 0 unspecified atom stereocenters. The van der Waals surface area contributed by atoms with Gasteiger partial charge in [-0.2, -0.15) is 0 Å². The van der Waals surface area contributed by atoms with Gasteiger partial charge in [0.25, 0.3) is 0 Å². The zero-order chi connectivity index (χ0) is 24.3. The number of carbonyl (C=O) groups is 1. The van der Waals surface area contributed by atoms with Gasteiger partial charge >= 0.3 is 0 Å². The SMILES string of the molecule is C=CCOc1c(OC)ccc2c1CN(CC=C)C(=O)CCN2C[C@@H](O)COCc1ccccc1. The Kier molecular flexibility index (Phi) is 9.55. The van der Waals surface area contributed by atoms with Crippen molar-refractivity contribution in [2.24, 2.45) is 0 Å². The molecule has 3 rings (SSSR count). The summed E-state index contributed by atoms with van der Waals surface area (Å²) in [5.74, 6) is 1.17. The zero-order valence-corrected chi connectivity index (χ0v) is 19.8. The van der Waals surface area contributed by atoms with Gasteiger partial charge in [-0.15, -0.1) is 6.58 Å². The normalized spacial score (nSPS) is 14.6. The molecule has 0 spiro atoms. The molecule has 7 heteroatoms. The fourth-order valence-corrected chi connectivity index (χ4v) is 4.00. The number of benzene rings is 2. The highest BCUT2D eigenvalue weighted by atomic mass is 16.5. The molecule has 7 nitrogen and oxygen atoms in total. The predicted molar refractivity (Wildman–Crippen MR) is 133 cm³/mol. The lowest BCUT2D eigenvalue weighted by Gasteiger charge is -2.35. The number of ether oxygens (including phenoxy) is 3. The van der Waals surface area contributed by atoms with Crippen molar-refractivity contribution in [1.82, 2.24) is 4.90 Å². The molecular formula is C27H34N2O5. The highest BCUT2D eigenvalue weighted by Gasteiger charge is 2.27. The summed E-state index contributed by atoms with van der Waals surface area (Å²) in [6, 6.07) is 13.6. The standard InChI is InChI=1S/C27H34N2O5/c1-4-14-29-18-23-24(11-12-25(32-3)27(23)34-16-5-2)28(15-13-26(29)31)17-22(30)20-33-19-21-9-7-6-8-10-21/h4-12,22,30H,1-2,13-20H2,3H3/t22-/m1/s1. The Morgan fingerprint density at radius 3 is 2.62 bits per heavy atom. The predicted octanol–water partition coefficient (Wildman–Crippen LogP) is 3.56. The number of amides is 1. The van der Waals surface area contributed by atoms with Crippen LogP contribution in [0.2, 0.25) is 0 Å². The zero-order valence-electron chi connectivity index (χ0n) is 19.8. The number of hydrogen-bond acceptors (Lipinski definition) is 6. The van der Waals surface area contributed by atoms with E-state index in [1.54, 1.807) is 24.2 Å². The van der Waals surface area contributed by atoms with Crippen molar-refractivity contribution in [3.8, 4) is 11.5 Å². The van der Waals surface area contributed by atoms with Crippen molar-refractivity contribution in [3.63, 3.8) is 0 Å². The Morgan fingerprint density at radius 1 is 1.12 bits per heavy atom. The van der Waals surface area contributed by atoms with E-state index in [0.717, 1.165) is 16.8 Å². The van der Waals surface area contributed by atoms with E-state index in [2.05, 4.69) is 13.2 Å². The number of hydrogen-bond donors (Lipinski definition) is 1. The number of fused-ring (bicyclic) bond motifs is 1. The molecule has 2 aromatic rings. The molecule has 0 aromatic heterocycles. The van der Waals surface area contributed by atoms with Crippen LogP contribution in [0, 0.1) is 0 Å². The van der Waals surface area contributed by atoms with Gasteiger partial charge in [-0.25, -0.2) is 0 Å². The number of aliphatic hydroxyl groups is 1. The van der Waals surface area contributed by atoms with E-state index >= 15 is 0 Å². The Balaban J connectivity index is 1.83. The largest absolute Gasteiger partial charge is 0.493 e. The van der Waals surface area contributed by atoms with Gasteiger partial charge in [0.15, 0.2) is 11.5 Å². The Hall–Kier alpha value is -3.29. The molecule has 1 atom stereocenters. The summed E-state index contributed by atoms with van der Waals surface area (Å²) in [4.78, 5) is 16.7. The fraction of sp³-hybridized carbons (Fsp3) is 0.370. The average Bonchev–Trinajstić information content (AvgIpc) is 2.84. The van der Waals surface area contributed by atoms with Crippen molar-refractivity contribution in [1.29, 1.82) is 0 Å². The van der Waals surface area contributed by atoms with Gasteiger partial charge in [0.05, 0.1) is 33.0 Å². The van der Waals surface area contributed by atoms with Crippen LogP contribution in [0.1, 0.15) is 17.5 Å². The lowest BCUT2D eigenvalue weighted by atomic mass is 10.1. The van der Waals surface area contributed by atoms with Crippen LogP contribution >= 0.6 is 0 Å². The first-order chi connectivity index (χ1) is 16.6. The minimum absolute atomic E-state index is 0.0165. The quantitative estimate of drug-likeness (QED) is 0.483. The molecule has 0 radical (unpaired) electrons. The maximum Gasteiger partial charge on any atom is 0.224 e. The fourth-order valence-electron chi connectivity index (χ4n) is 4.00. The third-order valence-electron chi connectivity index (χ3n) is 5.61. The van der Waals surface area contributed by atoms with Gasteiger partial charge in [-0.05, 0) is 17.7 Å². The van der Waals surface area contributed by atoms with Gasteiger partial charge in [0.1, 0.15) is 6.61 Å². The van der Waals surface area contributed by atoms with Crippen LogP contribution in [0.25, 0.3) is 0 Å². The number of anilines is 1. The van der Waals surface area contributed by atoms with Crippen LogP contribution in [-0.2, 0) is 22.7 Å². The van der Waals surface area contributed by atoms with Gasteiger partial charge in [-0.3, -0.25) is 4.79 Å². The van der Waals surface area contributed by atoms with Gasteiger partial charge in [0, 0.05) is 37.3 Å². The van der Waals surface area contributed by atoms with Gasteiger partial charge in [0.2, 0.25) is 5.91 Å². The number of aliphatic hydroxyl groups excluding tert-OH is 1. The second-order valence-electron chi connectivity index (χ2n) is 8.11. The van der Waals surface area contributed by atoms with E-state index in [9.17, 15) is 9.90 Å². The van der Waals surface area contributed by atoms with E-state index in [1.165, 1.54) is 0 Å². The second kappa shape index (κ2) is 12.8. The molecule has 0 aliphatic carbocycles. The third kappa shape index (κ3) is 6.62. The third-order valence-corrected chi connectivity index (χ3v) is 5.61. The molecule has 0 saturated heterocycles. The molecule has 0 fully saturated rings. The number of β-amino-alcohol motifs (C(OH)–C–C–N with tert-alkyl or cyclic N) is 1. The summed E-state index contributed by atoms with van der Waals surface area (Å²) in [6.07, 6.45) is 2.99. The lowest BCUT2D eigenvalue weighted by Crippen LogP contribution is -2.42. The number of rotatable bonds is 12. The Bertz CT molecular complexity index is 963. The molecular weight excluding hydrogens is 432 g/mol. The Morgan fingerprint density at radius 2 is 1.91 bits per heavy atom. The second-order valence-corrected chi connectivity index (χ2v) is 8.11. The molecule has 1 heterocycles. The van der Waals surface area contributed by atoms with Gasteiger partial charge in [-0.1, -0.05) is 49.1 Å². The summed E-state index contributed by atoms with van der Waals surface area (Å²) in [7, 11) is 1.59. The van der Waals surface area contributed by atoms with Crippen molar-refractivity contribution in [3.05, 3.63) is 78.9 Å². The van der Waals surface area contributed by atoms with E-state index in [-0.39, 0.29) is 12.5 Å². The molecule has 1 N–H and O–H groups in total. The molecule has 34 heavy (non-hydrogen) atoms. The molecule has 1 aliphatic rings. The summed E-state index contributed by atoms with van der Waals surface area (Å²) < 4.78 is 17.3. The first kappa shape index (κ1) is 25.3. The van der Waals surface area contributed by atoms with E-state index < -0.39 is 6.10 Å². The molecule has 182 valence electrons. The highest BCUT2D eigenvalue weighted by Crippen LogP contribution is 2.40. The minimum Gasteiger partial charge on any atom is -0.493 e. The van der Waals surface area contributed by atoms with Crippen molar-refractivity contribution >= 4 is 11.6 Å². The molecule has 0 bridgehead atoms. The molecule has 1 aliphatic heterocycles. The van der Waals surface area contributed by atoms with E-state index in [1.807, 2.05) is 47.4 Å². The summed E-state index contributed by atoms with van der Waals surface area (Å²) in [5, 5.41) is 10.7. The van der Waals surface area contributed by atoms with Crippen LogP contribution in [0.5, 0.6) is 11.5 Å². The van der Waals surface area contributed by atoms with Crippen LogP contribution in [0.4, 0.5) is 5.69 Å². The van der Waals surface area contributed by atoms with Crippen LogP contribution in [0.15, 0.2) is 67.8 Å². The van der Waals surface area contributed by atoms with Crippen molar-refractivity contribution < 1.29 is 24.1 Å². The topological polar surface area (TPSA) is 71.5 Å². The number of nitrogens with zero attached hydrogens (tertiary/aromatic N) is 2. The minimum atomic E-state index is -0.727. The summed E-state index contributed by atoms with van der Waals surface area (Å²) >= 11 is 0. The lowest BCUT2D eigenvalue weighted by molar-refractivity contribution is -0.131. The summed E-state index contributed by atoms with van der Waals surface area (Å²) in [6.45, 7) is 10.0. The Labute approximate surface area is 201 Å². The number of carbonyl (C=O) groups excluding carboxylic acids is 1. The maximum atomic E-state index is 12.9. The van der Waals surface area contributed by atoms with E-state index in [0.29, 0.717) is 57.3 Å². The van der Waals surface area contributed by atoms with Crippen molar-refractivity contribution in [2.75, 3.05) is 44.9 Å². The molecule has 1 amide bonds. The first-order valence-corrected chi connectivity index (χ1v) is 11.4. The smallest absolute Gasteiger partial charge is 0.224 e. The monoisotopic (exact) mass is 466 g/mol. The first-order valence-electron chi connectivity index (χ1n) is 11.4. The summed E-state index contributed by atoms with van der Waals surface area (Å²) in [5.41, 5.74) is 2.77. The van der Waals surface area contributed by atoms with Crippen LogP contribution in [0.3, 0.4) is 0 Å². The molecule has 2 aromatic carbocycles. The van der Waals surface area contributed by atoms with Gasteiger partial charge < -0.3 is 29.1 Å². The number of methoxy groups -OCH3 is 1. The van der Waals surface area contributed by atoms with E-state index in [4.69, 9.17) is 14.2 Å². The highest BCUT2D eigenvalue weighted by molar-refractivity contribution is 5.79. The van der Waals surface area contributed by atoms with Crippen LogP contribution in [-0.4, -0.2) is 62.0 Å². The average molecular weight is 467 g/mol.